The van der Waals surface area contributed by atoms with Gasteiger partial charge in [-0.05, 0) is 26.7 Å². The number of nitrogens with one attached hydrogen (secondary N) is 1. The molecule has 22 heavy (non-hydrogen) atoms. The molecule has 0 bridgehead atoms. The van der Waals surface area contributed by atoms with Crippen molar-refractivity contribution in [1.82, 2.24) is 9.78 Å². The molecule has 1 amide bonds. The van der Waals surface area contributed by atoms with Crippen molar-refractivity contribution in [2.45, 2.75) is 39.2 Å². The highest BCUT2D eigenvalue weighted by Crippen LogP contribution is 2.38. The van der Waals surface area contributed by atoms with Gasteiger partial charge < -0.3 is 14.8 Å². The Labute approximate surface area is 127 Å². The van der Waals surface area contributed by atoms with Crippen molar-refractivity contribution in [3.05, 3.63) is 11.4 Å². The molecule has 2 rings (SSSR count). The van der Waals surface area contributed by atoms with Gasteiger partial charge in [-0.25, -0.2) is 4.79 Å². The second-order valence-electron chi connectivity index (χ2n) is 5.01. The van der Waals surface area contributed by atoms with Gasteiger partial charge in [0.1, 0.15) is 6.42 Å². The lowest BCUT2D eigenvalue weighted by Crippen LogP contribution is -2.20. The molecular formula is C14H19N3O5. The summed E-state index contributed by atoms with van der Waals surface area (Å²) in [7, 11) is 1.20. The molecule has 1 saturated carbocycles. The molecule has 0 aliphatic heterocycles. The van der Waals surface area contributed by atoms with E-state index >= 15 is 0 Å². The van der Waals surface area contributed by atoms with Gasteiger partial charge in [0, 0.05) is 0 Å². The van der Waals surface area contributed by atoms with Gasteiger partial charge in [-0.15, -0.1) is 0 Å². The average molecular weight is 309 g/mol. The van der Waals surface area contributed by atoms with Crippen molar-refractivity contribution in [3.63, 3.8) is 0 Å². The van der Waals surface area contributed by atoms with Crippen molar-refractivity contribution >= 4 is 23.5 Å². The van der Waals surface area contributed by atoms with E-state index in [2.05, 4.69) is 15.2 Å². The number of ether oxygens (including phenoxy) is 2. The lowest BCUT2D eigenvalue weighted by Gasteiger charge is -2.09. The van der Waals surface area contributed by atoms with Crippen LogP contribution in [0.2, 0.25) is 0 Å². The number of hydrogen-bond acceptors (Lipinski definition) is 6. The van der Waals surface area contributed by atoms with Crippen LogP contribution in [0, 0.1) is 6.92 Å². The van der Waals surface area contributed by atoms with Gasteiger partial charge in [-0.1, -0.05) is 0 Å². The minimum absolute atomic E-state index is 0.157. The van der Waals surface area contributed by atoms with Crippen LogP contribution in [0.3, 0.4) is 0 Å². The third-order valence-corrected chi connectivity index (χ3v) is 3.24. The summed E-state index contributed by atoms with van der Waals surface area (Å²) in [5.41, 5.74) is 1.02. The van der Waals surface area contributed by atoms with E-state index in [1.54, 1.807) is 18.5 Å². The Bertz CT molecular complexity index is 604. The minimum atomic E-state index is -0.651. The molecule has 0 saturated heterocycles. The van der Waals surface area contributed by atoms with E-state index in [1.165, 1.54) is 7.11 Å². The zero-order valence-corrected chi connectivity index (χ0v) is 12.8. The Morgan fingerprint density at radius 1 is 1.36 bits per heavy atom. The van der Waals surface area contributed by atoms with Crippen LogP contribution in [0.5, 0.6) is 0 Å². The maximum Gasteiger partial charge on any atom is 0.358 e. The fourth-order valence-corrected chi connectivity index (χ4v) is 2.06. The number of methoxy groups -OCH3 is 1. The molecule has 0 unspecified atom stereocenters. The normalized spacial score (nSPS) is 13.6. The molecular weight excluding hydrogens is 290 g/mol. The molecule has 1 aromatic heterocycles. The number of esters is 2. The Morgan fingerprint density at radius 3 is 2.59 bits per heavy atom. The van der Waals surface area contributed by atoms with Crippen molar-refractivity contribution < 1.29 is 23.9 Å². The van der Waals surface area contributed by atoms with Gasteiger partial charge in [0.15, 0.2) is 5.69 Å². The zero-order valence-electron chi connectivity index (χ0n) is 12.8. The smallest absolute Gasteiger partial charge is 0.358 e. The summed E-state index contributed by atoms with van der Waals surface area (Å²) >= 11 is 0. The van der Waals surface area contributed by atoms with E-state index in [0.29, 0.717) is 11.4 Å². The maximum absolute atomic E-state index is 12.2. The number of anilines is 1. The largest absolute Gasteiger partial charge is 0.469 e. The molecule has 1 aliphatic rings. The van der Waals surface area contributed by atoms with Gasteiger partial charge in [-0.3, -0.25) is 14.3 Å². The first kappa shape index (κ1) is 16.0. The molecule has 120 valence electrons. The molecule has 1 N–H and O–H groups in total. The highest BCUT2D eigenvalue weighted by molar-refractivity contribution is 6.05. The summed E-state index contributed by atoms with van der Waals surface area (Å²) in [5.74, 6) is -1.75. The summed E-state index contributed by atoms with van der Waals surface area (Å²) in [6, 6.07) is 0.157. The molecule has 8 nitrogen and oxygen atoms in total. The average Bonchev–Trinajstić information content (AvgIpc) is 3.25. The van der Waals surface area contributed by atoms with Crippen LogP contribution in [0.15, 0.2) is 0 Å². The molecule has 1 fully saturated rings. The fraction of sp³-hybridized carbons (Fsp3) is 0.571. The third kappa shape index (κ3) is 3.44. The van der Waals surface area contributed by atoms with E-state index in [0.717, 1.165) is 12.8 Å². The first-order valence-corrected chi connectivity index (χ1v) is 7.10. The fourth-order valence-electron chi connectivity index (χ4n) is 2.06. The van der Waals surface area contributed by atoms with Crippen molar-refractivity contribution in [3.8, 4) is 0 Å². The van der Waals surface area contributed by atoms with Crippen LogP contribution in [0.1, 0.15) is 48.4 Å². The van der Waals surface area contributed by atoms with E-state index in [9.17, 15) is 14.4 Å². The van der Waals surface area contributed by atoms with E-state index < -0.39 is 24.3 Å². The van der Waals surface area contributed by atoms with E-state index in [-0.39, 0.29) is 18.3 Å². The Balaban J connectivity index is 2.27. The predicted molar refractivity (Wildman–Crippen MR) is 76.5 cm³/mol. The van der Waals surface area contributed by atoms with E-state index in [1.807, 2.05) is 0 Å². The number of hydrogen-bond donors (Lipinski definition) is 1. The van der Waals surface area contributed by atoms with Crippen LogP contribution in [-0.4, -0.2) is 41.3 Å². The molecule has 1 aromatic rings. The lowest BCUT2D eigenvalue weighted by atomic mass is 10.2. The molecule has 0 atom stereocenters. The van der Waals surface area contributed by atoms with Gasteiger partial charge in [-0.2, -0.15) is 5.10 Å². The van der Waals surface area contributed by atoms with E-state index in [4.69, 9.17) is 4.74 Å². The number of amides is 1. The first-order chi connectivity index (χ1) is 10.5. The van der Waals surface area contributed by atoms with Crippen LogP contribution < -0.4 is 5.32 Å². The predicted octanol–water partition coefficient (Wildman–Crippen LogP) is 1.20. The zero-order chi connectivity index (χ0) is 16.3. The second kappa shape index (κ2) is 6.59. The van der Waals surface area contributed by atoms with Crippen molar-refractivity contribution in [1.29, 1.82) is 0 Å². The summed E-state index contributed by atoms with van der Waals surface area (Å²) in [6.45, 7) is 3.62. The molecule has 0 spiro atoms. The summed E-state index contributed by atoms with van der Waals surface area (Å²) in [5, 5.41) is 6.88. The molecule has 8 heteroatoms. The molecule has 1 aliphatic carbocycles. The second-order valence-corrected chi connectivity index (χ2v) is 5.01. The molecule has 0 radical (unpaired) electrons. The van der Waals surface area contributed by atoms with Gasteiger partial charge >= 0.3 is 11.9 Å². The number of aryl methyl sites for hydroxylation is 1. The minimum Gasteiger partial charge on any atom is -0.469 e. The van der Waals surface area contributed by atoms with Crippen LogP contribution >= 0.6 is 0 Å². The van der Waals surface area contributed by atoms with Crippen molar-refractivity contribution in [2.24, 2.45) is 0 Å². The van der Waals surface area contributed by atoms with Gasteiger partial charge in [0.2, 0.25) is 5.91 Å². The number of carbonyl (C=O) groups is 3. The van der Waals surface area contributed by atoms with Crippen LogP contribution in [0.25, 0.3) is 0 Å². The Hall–Kier alpha value is -2.38. The summed E-state index contributed by atoms with van der Waals surface area (Å²) in [4.78, 5) is 35.2. The number of aromatic nitrogens is 2. The highest BCUT2D eigenvalue weighted by atomic mass is 16.5. The summed E-state index contributed by atoms with van der Waals surface area (Å²) in [6.07, 6.45) is 1.44. The molecule has 0 aromatic carbocycles. The lowest BCUT2D eigenvalue weighted by molar-refractivity contribution is -0.142. The van der Waals surface area contributed by atoms with Gasteiger partial charge in [0.05, 0.1) is 31.1 Å². The van der Waals surface area contributed by atoms with Gasteiger partial charge in [0.25, 0.3) is 0 Å². The first-order valence-electron chi connectivity index (χ1n) is 7.10. The SMILES string of the molecule is CCOC(=O)c1c(NC(=O)CC(=O)OC)c(C)nn1C1CC1. The maximum atomic E-state index is 12.2. The quantitative estimate of drug-likeness (QED) is 0.626. The standard InChI is InChI=1S/C14H19N3O5/c1-4-22-14(20)13-12(15-10(18)7-11(19)21-3)8(2)16-17(13)9-5-6-9/h9H,4-7H2,1-3H3,(H,15,18). The number of rotatable bonds is 6. The third-order valence-electron chi connectivity index (χ3n) is 3.24. The van der Waals surface area contributed by atoms with Crippen molar-refractivity contribution in [2.75, 3.05) is 19.0 Å². The molecule has 1 heterocycles. The topological polar surface area (TPSA) is 99.5 Å². The van der Waals surface area contributed by atoms with Crippen LogP contribution in [-0.2, 0) is 19.1 Å². The highest BCUT2D eigenvalue weighted by Gasteiger charge is 2.33. The number of nitrogens with zero attached hydrogens (tertiary/aromatic N) is 2. The Morgan fingerprint density at radius 2 is 2.05 bits per heavy atom. The Kier molecular flexibility index (Phi) is 4.79. The monoisotopic (exact) mass is 309 g/mol. The summed E-state index contributed by atoms with van der Waals surface area (Å²) < 4.78 is 11.1. The van der Waals surface area contributed by atoms with Crippen LogP contribution in [0.4, 0.5) is 5.69 Å². The number of carbonyl (C=O) groups excluding carboxylic acids is 3.